The van der Waals surface area contributed by atoms with Gasteiger partial charge in [-0.1, -0.05) is 62.4 Å². The van der Waals surface area contributed by atoms with Gasteiger partial charge in [-0.25, -0.2) is 0 Å². The fourth-order valence-electron chi connectivity index (χ4n) is 2.96. The SMILES string of the molecule is CC(=O)O.CNCCC(Cc1ccccc1C)c1ccc(C(C)C)cc1. The van der Waals surface area contributed by atoms with Gasteiger partial charge in [0.05, 0.1) is 0 Å². The van der Waals surface area contributed by atoms with Crippen molar-refractivity contribution in [2.24, 2.45) is 0 Å². The molecule has 2 aromatic carbocycles. The molecule has 0 radical (unpaired) electrons. The standard InChI is InChI=1S/C21H29N.C2H4O2/c1-16(2)18-9-11-19(12-10-18)21(13-14-22-4)15-20-8-6-5-7-17(20)3;1-2(3)4/h5-12,16,21-22H,13-15H2,1-4H3;1H3,(H,3,4). The second-order valence-electron chi connectivity index (χ2n) is 7.06. The van der Waals surface area contributed by atoms with Crippen LogP contribution in [0, 0.1) is 6.92 Å². The summed E-state index contributed by atoms with van der Waals surface area (Å²) in [6.07, 6.45) is 2.29. The van der Waals surface area contributed by atoms with Crippen LogP contribution < -0.4 is 5.32 Å². The molecule has 0 aromatic heterocycles. The minimum Gasteiger partial charge on any atom is -0.481 e. The molecule has 0 bridgehead atoms. The lowest BCUT2D eigenvalue weighted by atomic mass is 9.87. The van der Waals surface area contributed by atoms with Gasteiger partial charge < -0.3 is 10.4 Å². The Balaban J connectivity index is 0.000000765. The van der Waals surface area contributed by atoms with Crippen LogP contribution in [0.3, 0.4) is 0 Å². The number of carboxylic acid groups (broad SMARTS) is 1. The van der Waals surface area contributed by atoms with Gasteiger partial charge in [0.25, 0.3) is 5.97 Å². The van der Waals surface area contributed by atoms with Gasteiger partial charge in [-0.05, 0) is 67.4 Å². The molecule has 26 heavy (non-hydrogen) atoms. The summed E-state index contributed by atoms with van der Waals surface area (Å²) in [4.78, 5) is 9.00. The molecule has 0 heterocycles. The van der Waals surface area contributed by atoms with Crippen molar-refractivity contribution in [3.05, 3.63) is 70.8 Å². The number of benzene rings is 2. The smallest absolute Gasteiger partial charge is 0.300 e. The monoisotopic (exact) mass is 355 g/mol. The molecule has 1 unspecified atom stereocenters. The van der Waals surface area contributed by atoms with E-state index < -0.39 is 5.97 Å². The Morgan fingerprint density at radius 1 is 1.04 bits per heavy atom. The molecule has 1 atom stereocenters. The summed E-state index contributed by atoms with van der Waals surface area (Å²) in [5.41, 5.74) is 5.75. The second kappa shape index (κ2) is 11.5. The van der Waals surface area contributed by atoms with Crippen molar-refractivity contribution < 1.29 is 9.90 Å². The van der Waals surface area contributed by atoms with Crippen LogP contribution in [0.2, 0.25) is 0 Å². The van der Waals surface area contributed by atoms with Crippen LogP contribution in [-0.2, 0) is 11.2 Å². The average molecular weight is 356 g/mol. The second-order valence-corrected chi connectivity index (χ2v) is 7.06. The number of nitrogens with one attached hydrogen (secondary N) is 1. The van der Waals surface area contributed by atoms with Crippen molar-refractivity contribution in [2.45, 2.75) is 52.4 Å². The first-order chi connectivity index (χ1) is 12.3. The highest BCUT2D eigenvalue weighted by molar-refractivity contribution is 5.62. The Hall–Kier alpha value is -2.13. The zero-order valence-corrected chi connectivity index (χ0v) is 16.8. The Kier molecular flexibility index (Phi) is 9.67. The summed E-state index contributed by atoms with van der Waals surface area (Å²) in [6.45, 7) is 8.86. The summed E-state index contributed by atoms with van der Waals surface area (Å²) < 4.78 is 0. The Labute approximate surface area is 158 Å². The van der Waals surface area contributed by atoms with Gasteiger partial charge in [-0.3, -0.25) is 4.79 Å². The van der Waals surface area contributed by atoms with Gasteiger partial charge in [0.15, 0.2) is 0 Å². The zero-order chi connectivity index (χ0) is 19.5. The van der Waals surface area contributed by atoms with Crippen LogP contribution >= 0.6 is 0 Å². The topological polar surface area (TPSA) is 49.3 Å². The molecule has 2 aromatic rings. The van der Waals surface area contributed by atoms with Crippen LogP contribution in [0.15, 0.2) is 48.5 Å². The molecular formula is C23H33NO2. The van der Waals surface area contributed by atoms with E-state index in [9.17, 15) is 0 Å². The number of aryl methyl sites for hydroxylation is 1. The van der Waals surface area contributed by atoms with Crippen LogP contribution in [0.5, 0.6) is 0 Å². The van der Waals surface area contributed by atoms with Crippen molar-refractivity contribution in [2.75, 3.05) is 13.6 Å². The van der Waals surface area contributed by atoms with E-state index in [1.165, 1.54) is 28.7 Å². The molecule has 2 rings (SSSR count). The highest BCUT2D eigenvalue weighted by atomic mass is 16.4. The highest BCUT2D eigenvalue weighted by Crippen LogP contribution is 2.27. The van der Waals surface area contributed by atoms with E-state index in [1.54, 1.807) is 0 Å². The lowest BCUT2D eigenvalue weighted by Gasteiger charge is -2.19. The van der Waals surface area contributed by atoms with Gasteiger partial charge in [-0.15, -0.1) is 0 Å². The lowest BCUT2D eigenvalue weighted by molar-refractivity contribution is -0.134. The molecule has 0 spiro atoms. The lowest BCUT2D eigenvalue weighted by Crippen LogP contribution is -2.14. The number of carboxylic acids is 1. The number of aliphatic carboxylic acids is 1. The van der Waals surface area contributed by atoms with Crippen molar-refractivity contribution in [3.8, 4) is 0 Å². The first kappa shape index (κ1) is 21.9. The number of rotatable bonds is 7. The van der Waals surface area contributed by atoms with E-state index in [2.05, 4.69) is 74.6 Å². The quantitative estimate of drug-likeness (QED) is 0.722. The maximum absolute atomic E-state index is 9.00. The van der Waals surface area contributed by atoms with Gasteiger partial charge in [-0.2, -0.15) is 0 Å². The maximum atomic E-state index is 9.00. The van der Waals surface area contributed by atoms with Crippen LogP contribution in [0.25, 0.3) is 0 Å². The molecule has 0 amide bonds. The van der Waals surface area contributed by atoms with Gasteiger partial charge >= 0.3 is 0 Å². The molecule has 3 nitrogen and oxygen atoms in total. The number of hydrogen-bond donors (Lipinski definition) is 2. The first-order valence-corrected chi connectivity index (χ1v) is 9.33. The minimum atomic E-state index is -0.833. The maximum Gasteiger partial charge on any atom is 0.300 e. The predicted octanol–water partition coefficient (Wildman–Crippen LogP) is 5.15. The van der Waals surface area contributed by atoms with E-state index in [1.807, 2.05) is 7.05 Å². The molecule has 2 N–H and O–H groups in total. The van der Waals surface area contributed by atoms with Crippen molar-refractivity contribution in [1.82, 2.24) is 5.32 Å². The average Bonchev–Trinajstić information content (AvgIpc) is 2.60. The third-order valence-electron chi connectivity index (χ3n) is 4.54. The number of hydrogen-bond acceptors (Lipinski definition) is 2. The summed E-state index contributed by atoms with van der Waals surface area (Å²) in [5.74, 6) is 0.343. The summed E-state index contributed by atoms with van der Waals surface area (Å²) in [7, 11) is 2.03. The molecule has 0 aliphatic rings. The molecule has 142 valence electrons. The molecule has 0 saturated carbocycles. The van der Waals surface area contributed by atoms with E-state index in [-0.39, 0.29) is 0 Å². The van der Waals surface area contributed by atoms with Crippen LogP contribution in [0.4, 0.5) is 0 Å². The Morgan fingerprint density at radius 2 is 1.58 bits per heavy atom. The molecule has 0 fully saturated rings. The summed E-state index contributed by atoms with van der Waals surface area (Å²) >= 11 is 0. The highest BCUT2D eigenvalue weighted by Gasteiger charge is 2.13. The third kappa shape index (κ3) is 7.83. The normalized spacial score (nSPS) is 11.6. The minimum absolute atomic E-state index is 0.578. The van der Waals surface area contributed by atoms with Gasteiger partial charge in [0.2, 0.25) is 0 Å². The predicted molar refractivity (Wildman–Crippen MR) is 110 cm³/mol. The number of carbonyl (C=O) groups is 1. The fourth-order valence-corrected chi connectivity index (χ4v) is 2.96. The molecule has 3 heteroatoms. The van der Waals surface area contributed by atoms with Crippen LogP contribution in [0.1, 0.15) is 61.3 Å². The summed E-state index contributed by atoms with van der Waals surface area (Å²) in [5, 5.41) is 10.7. The van der Waals surface area contributed by atoms with Crippen molar-refractivity contribution in [3.63, 3.8) is 0 Å². The van der Waals surface area contributed by atoms with E-state index in [4.69, 9.17) is 9.90 Å². The first-order valence-electron chi connectivity index (χ1n) is 9.33. The Bertz CT molecular complexity index is 658. The third-order valence-corrected chi connectivity index (χ3v) is 4.54. The fraction of sp³-hybridized carbons (Fsp3) is 0.435. The van der Waals surface area contributed by atoms with E-state index in [0.29, 0.717) is 11.8 Å². The van der Waals surface area contributed by atoms with Crippen molar-refractivity contribution >= 4 is 5.97 Å². The van der Waals surface area contributed by atoms with Crippen LogP contribution in [-0.4, -0.2) is 24.7 Å². The van der Waals surface area contributed by atoms with Crippen molar-refractivity contribution in [1.29, 1.82) is 0 Å². The van der Waals surface area contributed by atoms with E-state index in [0.717, 1.165) is 19.9 Å². The molecular weight excluding hydrogens is 322 g/mol. The molecule has 0 saturated heterocycles. The summed E-state index contributed by atoms with van der Waals surface area (Å²) in [6, 6.07) is 18.0. The Morgan fingerprint density at radius 3 is 2.08 bits per heavy atom. The molecule has 0 aliphatic heterocycles. The van der Waals surface area contributed by atoms with E-state index >= 15 is 0 Å². The largest absolute Gasteiger partial charge is 0.481 e. The molecule has 0 aliphatic carbocycles. The zero-order valence-electron chi connectivity index (χ0n) is 16.8. The van der Waals surface area contributed by atoms with Gasteiger partial charge in [0, 0.05) is 6.92 Å². The van der Waals surface area contributed by atoms with Gasteiger partial charge in [0.1, 0.15) is 0 Å².